The van der Waals surface area contributed by atoms with Crippen molar-refractivity contribution in [1.82, 2.24) is 5.32 Å². The molecule has 0 saturated heterocycles. The molecule has 0 radical (unpaired) electrons. The quantitative estimate of drug-likeness (QED) is 0.0381. The van der Waals surface area contributed by atoms with Crippen LogP contribution in [0.2, 0.25) is 0 Å². The molecule has 0 aromatic heterocycles. The predicted octanol–water partition coefficient (Wildman–Crippen LogP) is 12.2. The molecule has 0 rings (SSSR count). The van der Waals surface area contributed by atoms with Gasteiger partial charge in [-0.3, -0.25) is 4.79 Å². The van der Waals surface area contributed by atoms with Crippen LogP contribution < -0.4 is 5.32 Å². The zero-order chi connectivity index (χ0) is 35.9. The molecule has 0 aromatic carbocycles. The van der Waals surface area contributed by atoms with Crippen LogP contribution in [-0.4, -0.2) is 46.1 Å². The second-order valence-electron chi connectivity index (χ2n) is 14.9. The maximum Gasteiger partial charge on any atom is 0.249 e. The fraction of sp³-hybridized carbons (Fsp3) is 0.886. The molecule has 0 fully saturated rings. The molecule has 5 nitrogen and oxygen atoms in total. The van der Waals surface area contributed by atoms with Gasteiger partial charge >= 0.3 is 0 Å². The molecule has 3 atom stereocenters. The van der Waals surface area contributed by atoms with E-state index in [0.29, 0.717) is 6.42 Å². The lowest BCUT2D eigenvalue weighted by Gasteiger charge is -2.21. The van der Waals surface area contributed by atoms with E-state index in [1.54, 1.807) is 6.08 Å². The maximum absolute atomic E-state index is 12.4. The van der Waals surface area contributed by atoms with Gasteiger partial charge in [0.1, 0.15) is 6.10 Å². The molecule has 0 spiro atoms. The average Bonchev–Trinajstić information content (AvgIpc) is 3.11. The largest absolute Gasteiger partial charge is 0.394 e. The maximum atomic E-state index is 12.4. The number of carbonyl (C=O) groups excluding carboxylic acids is 1. The number of hydrogen-bond donors (Lipinski definition) is 4. The minimum absolute atomic E-state index is 0.373. The Morgan fingerprint density at radius 1 is 0.490 bits per heavy atom. The zero-order valence-corrected chi connectivity index (χ0v) is 32.8. The van der Waals surface area contributed by atoms with Crippen LogP contribution in [0.1, 0.15) is 226 Å². The first-order chi connectivity index (χ1) is 24.1. The Morgan fingerprint density at radius 2 is 0.837 bits per heavy atom. The van der Waals surface area contributed by atoms with Gasteiger partial charge in [0.2, 0.25) is 5.91 Å². The van der Waals surface area contributed by atoms with E-state index in [2.05, 4.69) is 31.3 Å². The summed E-state index contributed by atoms with van der Waals surface area (Å²) in [6, 6.07) is -0.810. The Morgan fingerprint density at radius 3 is 1.24 bits per heavy atom. The summed E-state index contributed by atoms with van der Waals surface area (Å²) in [6.45, 7) is 4.18. The molecule has 0 aliphatic carbocycles. The molecule has 0 heterocycles. The highest BCUT2D eigenvalue weighted by Crippen LogP contribution is 2.15. The summed E-state index contributed by atoms with van der Waals surface area (Å²) in [4.78, 5) is 12.4. The summed E-state index contributed by atoms with van der Waals surface area (Å²) in [7, 11) is 0. The molecule has 0 aromatic rings. The van der Waals surface area contributed by atoms with Crippen LogP contribution >= 0.6 is 0 Å². The minimum Gasteiger partial charge on any atom is -0.394 e. The third-order valence-corrected chi connectivity index (χ3v) is 10.0. The molecule has 4 N–H and O–H groups in total. The first kappa shape index (κ1) is 47.8. The smallest absolute Gasteiger partial charge is 0.249 e. The second kappa shape index (κ2) is 39.6. The van der Waals surface area contributed by atoms with E-state index in [4.69, 9.17) is 0 Å². The second-order valence-corrected chi connectivity index (χ2v) is 14.9. The van der Waals surface area contributed by atoms with Crippen molar-refractivity contribution in [2.75, 3.05) is 6.61 Å². The van der Waals surface area contributed by atoms with Crippen molar-refractivity contribution < 1.29 is 20.1 Å². The van der Waals surface area contributed by atoms with E-state index in [0.717, 1.165) is 38.5 Å². The van der Waals surface area contributed by atoms with Crippen LogP contribution in [0.25, 0.3) is 0 Å². The number of aliphatic hydroxyl groups excluding tert-OH is 3. The van der Waals surface area contributed by atoms with E-state index >= 15 is 0 Å². The van der Waals surface area contributed by atoms with Gasteiger partial charge in [-0.1, -0.05) is 218 Å². The number of hydrogen-bond acceptors (Lipinski definition) is 4. The average molecular weight is 692 g/mol. The van der Waals surface area contributed by atoms with Crippen molar-refractivity contribution in [1.29, 1.82) is 0 Å². The lowest BCUT2D eigenvalue weighted by molar-refractivity contribution is -0.131. The zero-order valence-electron chi connectivity index (χ0n) is 32.8. The van der Waals surface area contributed by atoms with Gasteiger partial charge < -0.3 is 20.6 Å². The van der Waals surface area contributed by atoms with Crippen molar-refractivity contribution in [3.05, 3.63) is 24.3 Å². The molecule has 1 amide bonds. The van der Waals surface area contributed by atoms with Crippen molar-refractivity contribution >= 4 is 5.91 Å². The van der Waals surface area contributed by atoms with Crippen LogP contribution in [-0.2, 0) is 4.79 Å². The SMILES string of the molecule is CCCCCCCCCCCCCCCC/C=C/CC/C=C/C(O)C(CO)NC(=O)C(O)CCCCCCCCCCCCCCCCC. The van der Waals surface area contributed by atoms with Crippen molar-refractivity contribution in [3.63, 3.8) is 0 Å². The molecular formula is C44H85NO4. The number of allylic oxidation sites excluding steroid dienone is 3. The Labute approximate surface area is 305 Å². The molecule has 3 unspecified atom stereocenters. The summed E-state index contributed by atoms with van der Waals surface area (Å²) in [5.74, 6) is -0.511. The highest BCUT2D eigenvalue weighted by molar-refractivity contribution is 5.80. The molecule has 0 bridgehead atoms. The number of amides is 1. The van der Waals surface area contributed by atoms with Gasteiger partial charge in [0, 0.05) is 0 Å². The van der Waals surface area contributed by atoms with Gasteiger partial charge in [0.25, 0.3) is 0 Å². The topological polar surface area (TPSA) is 89.8 Å². The summed E-state index contributed by atoms with van der Waals surface area (Å²) >= 11 is 0. The summed E-state index contributed by atoms with van der Waals surface area (Å²) in [5.41, 5.74) is 0. The number of nitrogens with one attached hydrogen (secondary N) is 1. The molecule has 5 heteroatoms. The number of rotatable bonds is 39. The van der Waals surface area contributed by atoms with Crippen LogP contribution in [0.5, 0.6) is 0 Å². The summed E-state index contributed by atoms with van der Waals surface area (Å²) < 4.78 is 0. The standard InChI is InChI=1S/C44H85NO4/c1-3-5-7-9-11-13-15-17-19-20-21-22-23-25-26-28-30-32-34-36-38-42(47)41(40-46)45-44(49)43(48)39-37-35-33-31-29-27-24-18-16-14-12-10-8-6-4-2/h28,30,36,38,41-43,46-48H,3-27,29,31-35,37,39-40H2,1-2H3,(H,45,49)/b30-28+,38-36+. The fourth-order valence-corrected chi connectivity index (χ4v) is 6.61. The van der Waals surface area contributed by atoms with Crippen LogP contribution in [0.15, 0.2) is 24.3 Å². The minimum atomic E-state index is -1.10. The van der Waals surface area contributed by atoms with Gasteiger partial charge in [-0.15, -0.1) is 0 Å². The van der Waals surface area contributed by atoms with Crippen molar-refractivity contribution in [3.8, 4) is 0 Å². The lowest BCUT2D eigenvalue weighted by Crippen LogP contribution is -2.48. The molecular weight excluding hydrogens is 606 g/mol. The van der Waals surface area contributed by atoms with Crippen molar-refractivity contribution in [2.24, 2.45) is 0 Å². The van der Waals surface area contributed by atoms with Gasteiger partial charge in [0.15, 0.2) is 0 Å². The van der Waals surface area contributed by atoms with E-state index in [9.17, 15) is 20.1 Å². The highest BCUT2D eigenvalue weighted by atomic mass is 16.3. The Hall–Kier alpha value is -1.17. The molecule has 49 heavy (non-hydrogen) atoms. The lowest BCUT2D eigenvalue weighted by atomic mass is 10.0. The predicted molar refractivity (Wildman–Crippen MR) is 213 cm³/mol. The van der Waals surface area contributed by atoms with Gasteiger partial charge in [-0.2, -0.15) is 0 Å². The first-order valence-corrected chi connectivity index (χ1v) is 21.7. The third kappa shape index (κ3) is 35.0. The van der Waals surface area contributed by atoms with Crippen LogP contribution in [0.3, 0.4) is 0 Å². The first-order valence-electron chi connectivity index (χ1n) is 21.7. The van der Waals surface area contributed by atoms with E-state index < -0.39 is 24.2 Å². The van der Waals surface area contributed by atoms with Crippen LogP contribution in [0, 0.1) is 0 Å². The molecule has 290 valence electrons. The summed E-state index contributed by atoms with van der Waals surface area (Å²) in [5, 5.41) is 33.1. The molecule has 0 aliphatic rings. The normalized spacial score (nSPS) is 13.8. The highest BCUT2D eigenvalue weighted by Gasteiger charge is 2.22. The van der Waals surface area contributed by atoms with E-state index in [-0.39, 0.29) is 6.61 Å². The third-order valence-electron chi connectivity index (χ3n) is 10.0. The van der Waals surface area contributed by atoms with Crippen LogP contribution in [0.4, 0.5) is 0 Å². The Bertz CT molecular complexity index is 724. The Kier molecular flexibility index (Phi) is 38.7. The number of aliphatic hydroxyl groups is 3. The van der Waals surface area contributed by atoms with E-state index in [1.807, 2.05) is 6.08 Å². The molecule has 0 aliphatic heterocycles. The van der Waals surface area contributed by atoms with Gasteiger partial charge in [0.05, 0.1) is 18.8 Å². The number of carbonyl (C=O) groups is 1. The monoisotopic (exact) mass is 692 g/mol. The molecule has 0 saturated carbocycles. The van der Waals surface area contributed by atoms with Crippen molar-refractivity contribution in [2.45, 2.75) is 244 Å². The summed E-state index contributed by atoms with van der Waals surface area (Å²) in [6.07, 6.45) is 47.8. The van der Waals surface area contributed by atoms with Gasteiger partial charge in [-0.25, -0.2) is 0 Å². The van der Waals surface area contributed by atoms with Gasteiger partial charge in [-0.05, 0) is 32.1 Å². The Balaban J connectivity index is 3.71. The van der Waals surface area contributed by atoms with E-state index in [1.165, 1.54) is 167 Å². The fourth-order valence-electron chi connectivity index (χ4n) is 6.61. The number of unbranched alkanes of at least 4 members (excludes halogenated alkanes) is 29.